The van der Waals surface area contributed by atoms with Gasteiger partial charge in [-0.15, -0.1) is 0 Å². The molecule has 1 aromatic carbocycles. The SMILES string of the molecule is CC1CCC(C2COC(C(F)(F)Oc3cc(F)c(F)c(F)c3)OC2)CC1. The van der Waals surface area contributed by atoms with Crippen LogP contribution in [0, 0.1) is 35.2 Å². The van der Waals surface area contributed by atoms with Gasteiger partial charge in [-0.3, -0.25) is 0 Å². The lowest BCUT2D eigenvalue weighted by Gasteiger charge is -2.38. The number of hydrogen-bond acceptors (Lipinski definition) is 3. The van der Waals surface area contributed by atoms with Crippen LogP contribution in [0.5, 0.6) is 5.75 Å². The van der Waals surface area contributed by atoms with Crippen molar-refractivity contribution in [3.05, 3.63) is 29.6 Å². The molecule has 0 unspecified atom stereocenters. The van der Waals surface area contributed by atoms with Crippen LogP contribution in [0.2, 0.25) is 0 Å². The van der Waals surface area contributed by atoms with E-state index < -0.39 is 35.6 Å². The van der Waals surface area contributed by atoms with Gasteiger partial charge in [-0.2, -0.15) is 8.78 Å². The van der Waals surface area contributed by atoms with Gasteiger partial charge < -0.3 is 14.2 Å². The molecule has 1 aliphatic carbocycles. The molecule has 0 bridgehead atoms. The monoisotopic (exact) mass is 380 g/mol. The van der Waals surface area contributed by atoms with Crippen LogP contribution in [0.15, 0.2) is 12.1 Å². The molecule has 146 valence electrons. The topological polar surface area (TPSA) is 27.7 Å². The van der Waals surface area contributed by atoms with Gasteiger partial charge in [0.15, 0.2) is 17.5 Å². The van der Waals surface area contributed by atoms with Crippen LogP contribution in [-0.2, 0) is 9.47 Å². The summed E-state index contributed by atoms with van der Waals surface area (Å²) in [5.74, 6) is -4.74. The maximum absolute atomic E-state index is 14.2. The molecule has 1 heterocycles. The molecular weight excluding hydrogens is 359 g/mol. The molecule has 26 heavy (non-hydrogen) atoms. The van der Waals surface area contributed by atoms with Gasteiger partial charge in [0.05, 0.1) is 13.2 Å². The maximum atomic E-state index is 14.2. The normalized spacial score (nSPS) is 30.2. The highest BCUT2D eigenvalue weighted by atomic mass is 19.3. The van der Waals surface area contributed by atoms with E-state index in [-0.39, 0.29) is 19.1 Å². The Morgan fingerprint density at radius 1 is 0.923 bits per heavy atom. The summed E-state index contributed by atoms with van der Waals surface area (Å²) in [6.45, 7) is 2.41. The second kappa shape index (κ2) is 7.68. The molecule has 0 spiro atoms. The van der Waals surface area contributed by atoms with Crippen molar-refractivity contribution in [2.75, 3.05) is 13.2 Å². The predicted molar refractivity (Wildman–Crippen MR) is 82.2 cm³/mol. The highest BCUT2D eigenvalue weighted by Crippen LogP contribution is 2.37. The van der Waals surface area contributed by atoms with Gasteiger partial charge in [-0.1, -0.05) is 19.8 Å². The number of rotatable bonds is 4. The Morgan fingerprint density at radius 3 is 2.00 bits per heavy atom. The average molecular weight is 380 g/mol. The molecule has 3 rings (SSSR count). The van der Waals surface area contributed by atoms with E-state index in [1.807, 2.05) is 0 Å². The Hall–Kier alpha value is -1.41. The second-order valence-electron chi connectivity index (χ2n) is 7.14. The Kier molecular flexibility index (Phi) is 5.72. The molecule has 0 N–H and O–H groups in total. The third kappa shape index (κ3) is 4.28. The van der Waals surface area contributed by atoms with Crippen molar-refractivity contribution in [3.8, 4) is 5.75 Å². The number of benzene rings is 1. The van der Waals surface area contributed by atoms with Gasteiger partial charge in [0.1, 0.15) is 5.75 Å². The Labute approximate surface area is 148 Å². The van der Waals surface area contributed by atoms with Gasteiger partial charge in [0, 0.05) is 18.1 Å². The minimum absolute atomic E-state index is 0.0373. The first-order valence-corrected chi connectivity index (χ1v) is 8.71. The van der Waals surface area contributed by atoms with Crippen molar-refractivity contribution in [1.29, 1.82) is 0 Å². The van der Waals surface area contributed by atoms with E-state index in [4.69, 9.17) is 9.47 Å². The minimum atomic E-state index is -3.97. The Balaban J connectivity index is 1.57. The molecule has 0 amide bonds. The molecule has 1 saturated carbocycles. The van der Waals surface area contributed by atoms with E-state index in [0.717, 1.165) is 25.7 Å². The minimum Gasteiger partial charge on any atom is -0.429 e. The van der Waals surface area contributed by atoms with Crippen LogP contribution in [-0.4, -0.2) is 25.6 Å². The molecule has 0 atom stereocenters. The summed E-state index contributed by atoms with van der Waals surface area (Å²) in [6, 6.07) is 0.697. The fourth-order valence-electron chi connectivity index (χ4n) is 3.54. The summed E-state index contributed by atoms with van der Waals surface area (Å²) in [4.78, 5) is 0. The van der Waals surface area contributed by atoms with Gasteiger partial charge in [-0.05, 0) is 24.7 Å². The van der Waals surface area contributed by atoms with Gasteiger partial charge >= 0.3 is 6.11 Å². The lowest BCUT2D eigenvalue weighted by Crippen LogP contribution is -2.49. The van der Waals surface area contributed by atoms with E-state index in [0.29, 0.717) is 24.0 Å². The third-order valence-electron chi connectivity index (χ3n) is 5.14. The molecule has 0 aromatic heterocycles. The molecule has 3 nitrogen and oxygen atoms in total. The van der Waals surface area contributed by atoms with Gasteiger partial charge in [-0.25, -0.2) is 13.2 Å². The zero-order valence-corrected chi connectivity index (χ0v) is 14.3. The smallest absolute Gasteiger partial charge is 0.429 e. The van der Waals surface area contributed by atoms with Crippen LogP contribution in [0.1, 0.15) is 32.6 Å². The highest BCUT2D eigenvalue weighted by Gasteiger charge is 2.48. The summed E-state index contributed by atoms with van der Waals surface area (Å²) in [6.07, 6.45) is -1.72. The summed E-state index contributed by atoms with van der Waals surface area (Å²) in [5.41, 5.74) is 0. The molecule has 2 aliphatic rings. The van der Waals surface area contributed by atoms with Crippen LogP contribution in [0.4, 0.5) is 22.0 Å². The Bertz CT molecular complexity index is 600. The van der Waals surface area contributed by atoms with Crippen molar-refractivity contribution < 1.29 is 36.2 Å². The summed E-state index contributed by atoms with van der Waals surface area (Å²) in [5, 5.41) is 0. The predicted octanol–water partition coefficient (Wildman–Crippen LogP) is 4.89. The standard InChI is InChI=1S/C18H21F5O3/c1-10-2-4-11(5-3-10)12-8-24-17(25-9-12)18(22,23)26-13-6-14(19)16(21)15(20)7-13/h6-7,10-12,17H,2-5,8-9H2,1H3. The van der Waals surface area contributed by atoms with E-state index in [1.165, 1.54) is 0 Å². The van der Waals surface area contributed by atoms with Crippen LogP contribution in [0.3, 0.4) is 0 Å². The fraction of sp³-hybridized carbons (Fsp3) is 0.667. The van der Waals surface area contributed by atoms with E-state index in [9.17, 15) is 22.0 Å². The van der Waals surface area contributed by atoms with E-state index in [1.54, 1.807) is 0 Å². The van der Waals surface area contributed by atoms with Crippen molar-refractivity contribution >= 4 is 0 Å². The van der Waals surface area contributed by atoms with Gasteiger partial charge in [0.25, 0.3) is 6.29 Å². The first kappa shape index (κ1) is 19.4. The largest absolute Gasteiger partial charge is 0.451 e. The van der Waals surface area contributed by atoms with Gasteiger partial charge in [0.2, 0.25) is 0 Å². The molecule has 1 aliphatic heterocycles. The second-order valence-corrected chi connectivity index (χ2v) is 7.14. The first-order valence-electron chi connectivity index (χ1n) is 8.71. The van der Waals surface area contributed by atoms with Crippen LogP contribution >= 0.6 is 0 Å². The molecular formula is C18H21F5O3. The molecule has 1 saturated heterocycles. The zero-order valence-electron chi connectivity index (χ0n) is 14.3. The molecule has 1 aromatic rings. The van der Waals surface area contributed by atoms with Crippen molar-refractivity contribution in [1.82, 2.24) is 0 Å². The van der Waals surface area contributed by atoms with E-state index in [2.05, 4.69) is 11.7 Å². The van der Waals surface area contributed by atoms with E-state index >= 15 is 0 Å². The molecule has 2 fully saturated rings. The summed E-state index contributed by atoms with van der Waals surface area (Å²) in [7, 11) is 0. The quantitative estimate of drug-likeness (QED) is 0.550. The summed E-state index contributed by atoms with van der Waals surface area (Å²) >= 11 is 0. The van der Waals surface area contributed by atoms with Crippen LogP contribution < -0.4 is 4.74 Å². The number of hydrogen-bond donors (Lipinski definition) is 0. The van der Waals surface area contributed by atoms with Crippen molar-refractivity contribution in [2.24, 2.45) is 17.8 Å². The third-order valence-corrected chi connectivity index (χ3v) is 5.14. The maximum Gasteiger partial charge on any atom is 0.451 e. The molecule has 0 radical (unpaired) electrons. The highest BCUT2D eigenvalue weighted by molar-refractivity contribution is 5.25. The lowest BCUT2D eigenvalue weighted by molar-refractivity contribution is -0.354. The van der Waals surface area contributed by atoms with Crippen LogP contribution in [0.25, 0.3) is 0 Å². The Morgan fingerprint density at radius 2 is 1.46 bits per heavy atom. The van der Waals surface area contributed by atoms with Crippen molar-refractivity contribution in [3.63, 3.8) is 0 Å². The number of halogens is 5. The number of ether oxygens (including phenoxy) is 3. The zero-order chi connectivity index (χ0) is 18.9. The number of alkyl halides is 2. The summed E-state index contributed by atoms with van der Waals surface area (Å²) < 4.78 is 82.1. The average Bonchev–Trinajstić information content (AvgIpc) is 2.60. The first-order chi connectivity index (χ1) is 12.3. The fourth-order valence-corrected chi connectivity index (χ4v) is 3.54. The molecule has 8 heteroatoms. The lowest BCUT2D eigenvalue weighted by atomic mass is 9.76. The van der Waals surface area contributed by atoms with Crippen molar-refractivity contribution in [2.45, 2.75) is 45.0 Å².